The molecule has 0 fully saturated rings. The number of aromatic nitrogens is 5. The highest BCUT2D eigenvalue weighted by Crippen LogP contribution is 2.17. The lowest BCUT2D eigenvalue weighted by molar-refractivity contribution is 0.0949. The second-order valence-electron chi connectivity index (χ2n) is 5.49. The maximum Gasteiger partial charge on any atom is 0.293 e. The summed E-state index contributed by atoms with van der Waals surface area (Å²) in [5.74, 6) is -0.213. The lowest BCUT2D eigenvalue weighted by Crippen LogP contribution is -2.20. The lowest BCUT2D eigenvalue weighted by atomic mass is 10.2. The van der Waals surface area contributed by atoms with Gasteiger partial charge in [-0.15, -0.1) is 16.9 Å². The van der Waals surface area contributed by atoms with Crippen molar-refractivity contribution in [2.75, 3.05) is 12.0 Å². The third-order valence-corrected chi connectivity index (χ3v) is 4.40. The van der Waals surface area contributed by atoms with E-state index in [2.05, 4.69) is 35.8 Å². The zero-order chi connectivity index (χ0) is 19.2. The van der Waals surface area contributed by atoms with E-state index < -0.39 is 5.91 Å². The van der Waals surface area contributed by atoms with E-state index >= 15 is 0 Å². The number of hydrogen-bond donors (Lipinski definition) is 2. The Bertz CT molecular complexity index is 948. The predicted octanol–water partition coefficient (Wildman–Crippen LogP) is 1.67. The normalized spacial score (nSPS) is 11.2. The third-order valence-electron chi connectivity index (χ3n) is 3.66. The lowest BCUT2D eigenvalue weighted by Gasteiger charge is -2.03. The van der Waals surface area contributed by atoms with Gasteiger partial charge >= 0.3 is 0 Å². The maximum atomic E-state index is 12.5. The van der Waals surface area contributed by atoms with Crippen LogP contribution in [0.1, 0.15) is 35.1 Å². The van der Waals surface area contributed by atoms with E-state index in [1.54, 1.807) is 18.0 Å². The molecule has 0 radical (unpaired) electrons. The number of nitrogens with two attached hydrogens (primary N) is 1. The van der Waals surface area contributed by atoms with E-state index in [9.17, 15) is 4.79 Å². The quantitative estimate of drug-likeness (QED) is 0.355. The number of nitrogens with one attached hydrogen (secondary N) is 1. The summed E-state index contributed by atoms with van der Waals surface area (Å²) in [6, 6.07) is 7.80. The summed E-state index contributed by atoms with van der Waals surface area (Å²) in [6.45, 7) is 1.97. The Morgan fingerprint density at radius 3 is 2.78 bits per heavy atom. The minimum Gasteiger partial charge on any atom is -0.378 e. The fourth-order valence-electron chi connectivity index (χ4n) is 2.36. The molecule has 0 aliphatic carbocycles. The Hall–Kier alpha value is -3.21. The monoisotopic (exact) mass is 386 g/mol. The van der Waals surface area contributed by atoms with Gasteiger partial charge in [0.1, 0.15) is 0 Å². The maximum absolute atomic E-state index is 12.5. The minimum atomic E-state index is -0.475. The van der Waals surface area contributed by atoms with Crippen molar-refractivity contribution in [2.45, 2.75) is 24.7 Å². The summed E-state index contributed by atoms with van der Waals surface area (Å²) in [5, 5.41) is 19.1. The van der Waals surface area contributed by atoms with Crippen molar-refractivity contribution in [3.05, 3.63) is 41.2 Å². The fourth-order valence-corrected chi connectivity index (χ4v) is 2.76. The zero-order valence-electron chi connectivity index (χ0n) is 14.8. The minimum absolute atomic E-state index is 0.0657. The molecule has 3 N–H and O–H groups in total. The number of hydrogen-bond acceptors (Lipinski definition) is 9. The van der Waals surface area contributed by atoms with Gasteiger partial charge in [-0.2, -0.15) is 9.78 Å². The number of nitrogens with zero attached hydrogens (tertiary/aromatic N) is 6. The molecule has 1 amide bonds. The molecule has 0 aliphatic rings. The van der Waals surface area contributed by atoms with Gasteiger partial charge in [0, 0.05) is 4.90 Å². The van der Waals surface area contributed by atoms with Gasteiger partial charge in [0.15, 0.2) is 5.69 Å². The van der Waals surface area contributed by atoms with Gasteiger partial charge in [-0.1, -0.05) is 30.7 Å². The summed E-state index contributed by atoms with van der Waals surface area (Å²) in [7, 11) is 0. The molecule has 0 atom stereocenters. The molecule has 3 rings (SSSR count). The number of thioether (sulfide) groups is 1. The first-order valence-corrected chi connectivity index (χ1v) is 9.37. The van der Waals surface area contributed by atoms with Crippen molar-refractivity contribution in [1.29, 1.82) is 0 Å². The number of amides is 1. The molecule has 27 heavy (non-hydrogen) atoms. The second-order valence-corrected chi connectivity index (χ2v) is 6.37. The molecule has 0 saturated carbocycles. The van der Waals surface area contributed by atoms with Crippen molar-refractivity contribution in [3.63, 3.8) is 0 Å². The topological polar surface area (TPSA) is 137 Å². The van der Waals surface area contributed by atoms with Crippen LogP contribution in [-0.4, -0.2) is 43.7 Å². The van der Waals surface area contributed by atoms with Crippen LogP contribution in [0, 0.1) is 0 Å². The first kappa shape index (κ1) is 18.6. The number of anilines is 1. The highest BCUT2D eigenvalue weighted by Gasteiger charge is 2.23. The van der Waals surface area contributed by atoms with Crippen molar-refractivity contribution < 1.29 is 9.42 Å². The summed E-state index contributed by atoms with van der Waals surface area (Å²) < 4.78 is 5.95. The Morgan fingerprint density at radius 1 is 1.37 bits per heavy atom. The predicted molar refractivity (Wildman–Crippen MR) is 101 cm³/mol. The van der Waals surface area contributed by atoms with E-state index in [1.165, 1.54) is 4.68 Å². The van der Waals surface area contributed by atoms with Crippen molar-refractivity contribution in [2.24, 2.45) is 5.10 Å². The van der Waals surface area contributed by atoms with Crippen LogP contribution < -0.4 is 11.2 Å². The summed E-state index contributed by atoms with van der Waals surface area (Å²) in [5.41, 5.74) is 9.74. The van der Waals surface area contributed by atoms with Crippen molar-refractivity contribution in [3.8, 4) is 5.82 Å². The number of carbonyl (C=O) groups is 1. The van der Waals surface area contributed by atoms with E-state index in [4.69, 9.17) is 5.73 Å². The van der Waals surface area contributed by atoms with Gasteiger partial charge in [-0.05, 0) is 40.7 Å². The van der Waals surface area contributed by atoms with Gasteiger partial charge in [-0.25, -0.2) is 10.1 Å². The number of nitrogen functional groups attached to an aromatic ring is 1. The molecule has 0 unspecified atom stereocenters. The Balaban J connectivity index is 1.77. The van der Waals surface area contributed by atoms with Crippen LogP contribution in [0.3, 0.4) is 0 Å². The van der Waals surface area contributed by atoms with Gasteiger partial charge in [-0.3, -0.25) is 4.79 Å². The molecule has 2 aromatic heterocycles. The summed E-state index contributed by atoms with van der Waals surface area (Å²) in [4.78, 5) is 13.6. The van der Waals surface area contributed by atoms with Crippen LogP contribution in [0.5, 0.6) is 0 Å². The van der Waals surface area contributed by atoms with Crippen LogP contribution in [0.4, 0.5) is 5.82 Å². The molecule has 10 nitrogen and oxygen atoms in total. The number of benzene rings is 1. The van der Waals surface area contributed by atoms with Crippen LogP contribution in [0.2, 0.25) is 0 Å². The standard InChI is InChI=1S/C16H18N8O2S/c1-3-4-12-13(19-23-24(12)15-14(17)21-26-22-15)16(25)20-18-9-10-5-7-11(27-2)8-6-10/h5-9H,3-4H2,1-2H3,(H2,17,21)(H,20,25)/b18-9+. The van der Waals surface area contributed by atoms with Crippen LogP contribution >= 0.6 is 11.8 Å². The molecule has 0 bridgehead atoms. The van der Waals surface area contributed by atoms with E-state index in [-0.39, 0.29) is 17.3 Å². The van der Waals surface area contributed by atoms with E-state index in [0.29, 0.717) is 12.1 Å². The molecule has 140 valence electrons. The van der Waals surface area contributed by atoms with Crippen molar-refractivity contribution in [1.82, 2.24) is 30.7 Å². The molecule has 11 heteroatoms. The van der Waals surface area contributed by atoms with E-state index in [1.807, 2.05) is 37.4 Å². The number of hydrazone groups is 1. The molecule has 0 saturated heterocycles. The van der Waals surface area contributed by atoms with Gasteiger partial charge in [0.05, 0.1) is 11.9 Å². The van der Waals surface area contributed by atoms with Gasteiger partial charge in [0.25, 0.3) is 5.91 Å². The highest BCUT2D eigenvalue weighted by molar-refractivity contribution is 7.98. The second kappa shape index (κ2) is 8.45. The average molecular weight is 386 g/mol. The molecule has 2 heterocycles. The highest BCUT2D eigenvalue weighted by atomic mass is 32.2. The Kier molecular flexibility index (Phi) is 5.81. The fraction of sp³-hybridized carbons (Fsp3) is 0.250. The van der Waals surface area contributed by atoms with Crippen LogP contribution in [-0.2, 0) is 6.42 Å². The molecular weight excluding hydrogens is 368 g/mol. The molecule has 0 spiro atoms. The number of carbonyl (C=O) groups excluding carboxylic acids is 1. The van der Waals surface area contributed by atoms with E-state index in [0.717, 1.165) is 16.9 Å². The molecule has 3 aromatic rings. The van der Waals surface area contributed by atoms with Crippen molar-refractivity contribution >= 4 is 29.7 Å². The first-order valence-electron chi connectivity index (χ1n) is 8.14. The zero-order valence-corrected chi connectivity index (χ0v) is 15.6. The SMILES string of the molecule is CCCc1c(C(=O)N/N=C/c2ccc(SC)cc2)nnn1-c1nonc1N. The summed E-state index contributed by atoms with van der Waals surface area (Å²) >= 11 is 1.65. The Morgan fingerprint density at radius 2 is 2.15 bits per heavy atom. The third kappa shape index (κ3) is 4.14. The molecule has 0 aliphatic heterocycles. The summed E-state index contributed by atoms with van der Waals surface area (Å²) in [6.07, 6.45) is 4.88. The van der Waals surface area contributed by atoms with Crippen LogP contribution in [0.15, 0.2) is 38.9 Å². The van der Waals surface area contributed by atoms with Crippen LogP contribution in [0.25, 0.3) is 5.82 Å². The molecule has 1 aromatic carbocycles. The first-order chi connectivity index (χ1) is 13.1. The average Bonchev–Trinajstić information content (AvgIpc) is 3.28. The van der Waals surface area contributed by atoms with Gasteiger partial charge in [0.2, 0.25) is 11.6 Å². The largest absolute Gasteiger partial charge is 0.378 e. The molecular formula is C16H18N8O2S. The smallest absolute Gasteiger partial charge is 0.293 e. The number of rotatable bonds is 7. The Labute approximate surface area is 159 Å². The van der Waals surface area contributed by atoms with Gasteiger partial charge < -0.3 is 5.73 Å².